The lowest BCUT2D eigenvalue weighted by Crippen LogP contribution is -2.48. The van der Waals surface area contributed by atoms with Crippen LogP contribution >= 0.6 is 0 Å². The molecule has 5 heteroatoms. The minimum Gasteiger partial charge on any atom is -0.373 e. The van der Waals surface area contributed by atoms with E-state index >= 15 is 0 Å². The summed E-state index contributed by atoms with van der Waals surface area (Å²) < 4.78 is 30.5. The zero-order chi connectivity index (χ0) is 10.8. The summed E-state index contributed by atoms with van der Waals surface area (Å²) in [7, 11) is -3.05. The predicted octanol–water partition coefficient (Wildman–Crippen LogP) is 0.835. The molecule has 0 aliphatic carbocycles. The fraction of sp³-hybridized carbons (Fsp3) is 1.00. The topological polar surface area (TPSA) is 46.6 Å². The lowest BCUT2D eigenvalue weighted by Gasteiger charge is -2.34. The van der Waals surface area contributed by atoms with Gasteiger partial charge >= 0.3 is 0 Å². The molecule has 14 heavy (non-hydrogen) atoms. The van der Waals surface area contributed by atoms with Crippen molar-refractivity contribution < 1.29 is 13.2 Å². The molecule has 0 saturated carbocycles. The highest BCUT2D eigenvalue weighted by Gasteiger charge is 2.29. The van der Waals surface area contributed by atoms with Crippen LogP contribution in [0.25, 0.3) is 0 Å². The molecule has 1 fully saturated rings. The lowest BCUT2D eigenvalue weighted by molar-refractivity contribution is -0.0440. The van der Waals surface area contributed by atoms with Crippen molar-refractivity contribution in [3.63, 3.8) is 0 Å². The van der Waals surface area contributed by atoms with Gasteiger partial charge in [0.1, 0.15) is 0 Å². The van der Waals surface area contributed by atoms with Crippen LogP contribution in [0.15, 0.2) is 0 Å². The Labute approximate surface area is 86.3 Å². The average molecular weight is 221 g/mol. The van der Waals surface area contributed by atoms with Crippen LogP contribution < -0.4 is 0 Å². The van der Waals surface area contributed by atoms with E-state index < -0.39 is 10.0 Å². The summed E-state index contributed by atoms with van der Waals surface area (Å²) in [6.07, 6.45) is 0.679. The highest BCUT2D eigenvalue weighted by atomic mass is 32.2. The van der Waals surface area contributed by atoms with Crippen LogP contribution in [-0.2, 0) is 14.8 Å². The van der Waals surface area contributed by atoms with Crippen LogP contribution in [-0.4, -0.2) is 43.8 Å². The van der Waals surface area contributed by atoms with Gasteiger partial charge in [-0.25, -0.2) is 8.42 Å². The molecule has 0 bridgehead atoms. The van der Waals surface area contributed by atoms with Gasteiger partial charge in [0, 0.05) is 13.1 Å². The number of ether oxygens (including phenoxy) is 1. The van der Waals surface area contributed by atoms with E-state index in [0.29, 0.717) is 19.5 Å². The van der Waals surface area contributed by atoms with Gasteiger partial charge in [0.15, 0.2) is 0 Å². The molecule has 0 aromatic rings. The second-order valence-corrected chi connectivity index (χ2v) is 5.98. The molecule has 84 valence electrons. The summed E-state index contributed by atoms with van der Waals surface area (Å²) >= 11 is 0. The van der Waals surface area contributed by atoms with E-state index in [-0.39, 0.29) is 18.0 Å². The fourth-order valence-electron chi connectivity index (χ4n) is 1.74. The third-order valence-electron chi connectivity index (χ3n) is 2.24. The minimum absolute atomic E-state index is 0.00498. The first-order valence-corrected chi connectivity index (χ1v) is 6.70. The first-order chi connectivity index (χ1) is 6.45. The smallest absolute Gasteiger partial charge is 0.214 e. The van der Waals surface area contributed by atoms with E-state index in [4.69, 9.17) is 4.74 Å². The van der Waals surface area contributed by atoms with Crippen molar-refractivity contribution >= 4 is 10.0 Å². The van der Waals surface area contributed by atoms with Crippen LogP contribution in [0.5, 0.6) is 0 Å². The number of hydrogen-bond donors (Lipinski definition) is 0. The van der Waals surface area contributed by atoms with E-state index in [2.05, 4.69) is 0 Å². The normalized spacial score (nSPS) is 30.5. The van der Waals surface area contributed by atoms with Gasteiger partial charge in [0.25, 0.3) is 0 Å². The van der Waals surface area contributed by atoms with Gasteiger partial charge in [-0.15, -0.1) is 0 Å². The lowest BCUT2D eigenvalue weighted by atomic mass is 10.3. The first kappa shape index (κ1) is 11.9. The van der Waals surface area contributed by atoms with Crippen molar-refractivity contribution in [2.45, 2.75) is 39.4 Å². The molecular weight excluding hydrogens is 202 g/mol. The molecule has 4 nitrogen and oxygen atoms in total. The molecule has 0 unspecified atom stereocenters. The Kier molecular flexibility index (Phi) is 3.92. The summed E-state index contributed by atoms with van der Waals surface area (Å²) in [6, 6.07) is 0. The van der Waals surface area contributed by atoms with Crippen LogP contribution in [0, 0.1) is 0 Å². The molecule has 0 aromatic carbocycles. The average Bonchev–Trinajstić information content (AvgIpc) is 2.02. The maximum absolute atomic E-state index is 11.7. The molecule has 0 spiro atoms. The van der Waals surface area contributed by atoms with Crippen molar-refractivity contribution in [3.05, 3.63) is 0 Å². The predicted molar refractivity (Wildman–Crippen MR) is 55.7 cm³/mol. The van der Waals surface area contributed by atoms with Crippen LogP contribution in [0.4, 0.5) is 0 Å². The molecule has 0 N–H and O–H groups in total. The molecular formula is C9H19NO3S. The highest BCUT2D eigenvalue weighted by Crippen LogP contribution is 2.15. The Bertz CT molecular complexity index is 266. The third kappa shape index (κ3) is 2.93. The zero-order valence-electron chi connectivity index (χ0n) is 9.06. The highest BCUT2D eigenvalue weighted by molar-refractivity contribution is 7.89. The molecule has 1 heterocycles. The van der Waals surface area contributed by atoms with E-state index in [9.17, 15) is 8.42 Å². The van der Waals surface area contributed by atoms with Crippen molar-refractivity contribution in [1.82, 2.24) is 4.31 Å². The molecule has 2 atom stereocenters. The van der Waals surface area contributed by atoms with E-state index in [0.717, 1.165) is 0 Å². The second kappa shape index (κ2) is 4.59. The van der Waals surface area contributed by atoms with Crippen LogP contribution in [0.1, 0.15) is 27.2 Å². The summed E-state index contributed by atoms with van der Waals surface area (Å²) in [5.74, 6) is 0.242. The largest absolute Gasteiger partial charge is 0.373 e. The Morgan fingerprint density at radius 3 is 2.21 bits per heavy atom. The van der Waals surface area contributed by atoms with Gasteiger partial charge in [-0.05, 0) is 20.3 Å². The number of rotatable bonds is 3. The van der Waals surface area contributed by atoms with Gasteiger partial charge in [-0.1, -0.05) is 6.92 Å². The van der Waals surface area contributed by atoms with Gasteiger partial charge in [-0.3, -0.25) is 0 Å². The Balaban J connectivity index is 2.68. The van der Waals surface area contributed by atoms with Crippen molar-refractivity contribution in [2.75, 3.05) is 18.8 Å². The Morgan fingerprint density at radius 1 is 1.29 bits per heavy atom. The molecule has 0 amide bonds. The van der Waals surface area contributed by atoms with Crippen LogP contribution in [0.2, 0.25) is 0 Å². The van der Waals surface area contributed by atoms with Crippen molar-refractivity contribution in [3.8, 4) is 0 Å². The second-order valence-electron chi connectivity index (χ2n) is 3.89. The summed E-state index contributed by atoms with van der Waals surface area (Å²) in [5, 5.41) is 0. The number of nitrogens with zero attached hydrogens (tertiary/aromatic N) is 1. The molecule has 0 aromatic heterocycles. The number of sulfonamides is 1. The zero-order valence-corrected chi connectivity index (χ0v) is 9.88. The van der Waals surface area contributed by atoms with Gasteiger partial charge in [0.05, 0.1) is 18.0 Å². The molecule has 1 aliphatic rings. The molecule has 1 rings (SSSR count). The van der Waals surface area contributed by atoms with Gasteiger partial charge in [0.2, 0.25) is 10.0 Å². The standard InChI is InChI=1S/C9H19NO3S/c1-4-5-14(11,12)10-6-8(2)13-9(3)7-10/h8-9H,4-7H2,1-3H3/t8-,9+. The summed E-state index contributed by atoms with van der Waals surface area (Å²) in [5.41, 5.74) is 0. The number of morpholine rings is 1. The van der Waals surface area contributed by atoms with Gasteiger partial charge in [-0.2, -0.15) is 4.31 Å². The Morgan fingerprint density at radius 2 is 1.79 bits per heavy atom. The van der Waals surface area contributed by atoms with E-state index in [1.54, 1.807) is 4.31 Å². The molecule has 1 aliphatic heterocycles. The Hall–Kier alpha value is -0.130. The monoisotopic (exact) mass is 221 g/mol. The van der Waals surface area contributed by atoms with Crippen LogP contribution in [0.3, 0.4) is 0 Å². The van der Waals surface area contributed by atoms with Crippen molar-refractivity contribution in [2.24, 2.45) is 0 Å². The van der Waals surface area contributed by atoms with Gasteiger partial charge < -0.3 is 4.74 Å². The molecule has 1 saturated heterocycles. The molecule has 0 radical (unpaired) electrons. The first-order valence-electron chi connectivity index (χ1n) is 5.09. The summed E-state index contributed by atoms with van der Waals surface area (Å²) in [6.45, 7) is 6.68. The maximum atomic E-state index is 11.7. The quantitative estimate of drug-likeness (QED) is 0.709. The fourth-order valence-corrected chi connectivity index (χ4v) is 3.39. The van der Waals surface area contributed by atoms with E-state index in [1.807, 2.05) is 20.8 Å². The SMILES string of the molecule is CCCS(=O)(=O)N1C[C@@H](C)O[C@@H](C)C1. The van der Waals surface area contributed by atoms with E-state index in [1.165, 1.54) is 0 Å². The minimum atomic E-state index is -3.05. The maximum Gasteiger partial charge on any atom is 0.214 e. The van der Waals surface area contributed by atoms with Crippen molar-refractivity contribution in [1.29, 1.82) is 0 Å². The third-order valence-corrected chi connectivity index (χ3v) is 4.25. The number of hydrogen-bond acceptors (Lipinski definition) is 3. The summed E-state index contributed by atoms with van der Waals surface area (Å²) in [4.78, 5) is 0.